The summed E-state index contributed by atoms with van der Waals surface area (Å²) in [5.41, 5.74) is -0.0913. The predicted octanol–water partition coefficient (Wildman–Crippen LogP) is 2.23. The lowest BCUT2D eigenvalue weighted by atomic mass is 10.1. The number of hydrogen-bond donors (Lipinski definition) is 4. The Balaban J connectivity index is 1.64. The Morgan fingerprint density at radius 2 is 1.18 bits per heavy atom. The molecule has 0 aliphatic rings. The van der Waals surface area contributed by atoms with Crippen LogP contribution in [0, 0.1) is 22.7 Å². The highest BCUT2D eigenvalue weighted by Crippen LogP contribution is 2.25. The van der Waals surface area contributed by atoms with Crippen LogP contribution in [0.4, 0.5) is 29.2 Å². The van der Waals surface area contributed by atoms with Crippen LogP contribution in [0.25, 0.3) is 0 Å². The molecule has 0 unspecified atom stereocenters. The average molecular weight is 749 g/mol. The van der Waals surface area contributed by atoms with Crippen molar-refractivity contribution in [2.24, 2.45) is 0 Å². The second-order valence-corrected chi connectivity index (χ2v) is 17.0. The molecule has 0 fully saturated rings. The molecule has 0 radical (unpaired) electrons. The summed E-state index contributed by atoms with van der Waals surface area (Å²) in [6, 6.07) is 16.5. The van der Waals surface area contributed by atoms with Gasteiger partial charge in [0.15, 0.2) is 9.84 Å². The molecule has 0 bridgehead atoms. The number of nitrogens with zero attached hydrogens (tertiary/aromatic N) is 6. The van der Waals surface area contributed by atoms with E-state index in [1.165, 1.54) is 30.3 Å². The third-order valence-electron chi connectivity index (χ3n) is 6.50. The van der Waals surface area contributed by atoms with E-state index < -0.39 is 73.8 Å². The van der Waals surface area contributed by atoms with Gasteiger partial charge in [0.1, 0.15) is 12.1 Å². The van der Waals surface area contributed by atoms with Crippen molar-refractivity contribution in [1.29, 1.82) is 10.5 Å². The topological polar surface area (TPSA) is 291 Å². The molecule has 0 saturated carbocycles. The lowest BCUT2D eigenvalue weighted by Gasteiger charge is -2.19. The van der Waals surface area contributed by atoms with Gasteiger partial charge in [-0.05, 0) is 61.0 Å². The van der Waals surface area contributed by atoms with Crippen LogP contribution in [0.2, 0.25) is 0 Å². The molecule has 3 aromatic carbocycles. The average Bonchev–Trinajstić information content (AvgIpc) is 3.03. The SMILES string of the molecule is CN(c1nc(Nc2cccc(S(=O)(=O)O)c2)nc(Nc2cccc(S(=O)(=O)O)c2)n1)S(=O)(=O)CCCS(=O)(=O)c1ccc(C#N)c(C#N)c1. The zero-order chi connectivity index (χ0) is 36.2. The summed E-state index contributed by atoms with van der Waals surface area (Å²) in [6.45, 7) is 0. The molecular weight excluding hydrogens is 725 g/mol. The minimum Gasteiger partial charge on any atom is -0.324 e. The van der Waals surface area contributed by atoms with E-state index in [9.17, 15) is 48.0 Å². The molecule has 0 spiro atoms. The van der Waals surface area contributed by atoms with Crippen LogP contribution in [0.3, 0.4) is 0 Å². The van der Waals surface area contributed by atoms with Gasteiger partial charge in [-0.3, -0.25) is 9.11 Å². The zero-order valence-electron chi connectivity index (χ0n) is 24.9. The van der Waals surface area contributed by atoms with Crippen LogP contribution in [0.5, 0.6) is 0 Å². The van der Waals surface area contributed by atoms with E-state index in [2.05, 4.69) is 25.6 Å². The number of hydrogen-bond acceptors (Lipinski definition) is 15. The maximum atomic E-state index is 13.3. The lowest BCUT2D eigenvalue weighted by Crippen LogP contribution is -2.31. The molecule has 0 amide bonds. The molecule has 22 heteroatoms. The van der Waals surface area contributed by atoms with Crippen molar-refractivity contribution < 1.29 is 42.8 Å². The van der Waals surface area contributed by atoms with Crippen LogP contribution in [0.15, 0.2) is 81.4 Å². The smallest absolute Gasteiger partial charge is 0.294 e. The summed E-state index contributed by atoms with van der Waals surface area (Å²) in [6.07, 6.45) is -0.400. The first-order valence-electron chi connectivity index (χ1n) is 13.4. The molecule has 1 heterocycles. The second kappa shape index (κ2) is 14.1. The van der Waals surface area contributed by atoms with Gasteiger partial charge in [-0.2, -0.15) is 42.3 Å². The molecule has 0 aliphatic heterocycles. The van der Waals surface area contributed by atoms with E-state index in [0.717, 1.165) is 43.4 Å². The van der Waals surface area contributed by atoms with Gasteiger partial charge in [-0.15, -0.1) is 0 Å². The number of anilines is 5. The predicted molar refractivity (Wildman–Crippen MR) is 174 cm³/mol. The molecule has 4 aromatic rings. The fourth-order valence-corrected chi connectivity index (χ4v) is 7.74. The highest BCUT2D eigenvalue weighted by atomic mass is 32.2. The summed E-state index contributed by atoms with van der Waals surface area (Å²) in [7, 11) is -16.5. The number of rotatable bonds is 13. The van der Waals surface area contributed by atoms with Gasteiger partial charge in [0.2, 0.25) is 27.9 Å². The minimum atomic E-state index is -4.60. The van der Waals surface area contributed by atoms with Crippen molar-refractivity contribution in [2.45, 2.75) is 21.1 Å². The Morgan fingerprint density at radius 3 is 1.65 bits per heavy atom. The van der Waals surface area contributed by atoms with E-state index in [1.807, 2.05) is 0 Å². The monoisotopic (exact) mass is 748 g/mol. The summed E-state index contributed by atoms with van der Waals surface area (Å²) in [4.78, 5) is 11.0. The number of nitriles is 2. The van der Waals surface area contributed by atoms with Crippen LogP contribution in [-0.4, -0.2) is 76.3 Å². The Bertz CT molecular complexity index is 2370. The molecule has 49 heavy (non-hydrogen) atoms. The van der Waals surface area contributed by atoms with Gasteiger partial charge < -0.3 is 10.6 Å². The van der Waals surface area contributed by atoms with Gasteiger partial charge in [0.05, 0.1) is 37.3 Å². The Morgan fingerprint density at radius 1 is 0.673 bits per heavy atom. The summed E-state index contributed by atoms with van der Waals surface area (Å²) in [5.74, 6) is -2.55. The van der Waals surface area contributed by atoms with E-state index in [-0.39, 0.29) is 39.3 Å². The third kappa shape index (κ3) is 9.23. The van der Waals surface area contributed by atoms with E-state index in [1.54, 1.807) is 12.1 Å². The highest BCUT2D eigenvalue weighted by molar-refractivity contribution is 7.93. The maximum Gasteiger partial charge on any atom is 0.294 e. The van der Waals surface area contributed by atoms with Crippen molar-refractivity contribution in [3.63, 3.8) is 0 Å². The van der Waals surface area contributed by atoms with Crippen LogP contribution in [-0.2, 0) is 40.1 Å². The molecule has 1 aromatic heterocycles. The second-order valence-electron chi connectivity index (χ2n) is 9.93. The van der Waals surface area contributed by atoms with Gasteiger partial charge >= 0.3 is 0 Å². The quantitative estimate of drug-likeness (QED) is 0.143. The van der Waals surface area contributed by atoms with Crippen molar-refractivity contribution in [2.75, 3.05) is 33.5 Å². The normalized spacial score (nSPS) is 12.0. The molecule has 4 rings (SSSR count). The molecule has 256 valence electrons. The van der Waals surface area contributed by atoms with Gasteiger partial charge in [-0.25, -0.2) is 21.1 Å². The number of sulfone groups is 1. The Hall–Kier alpha value is -5.23. The molecule has 4 N–H and O–H groups in total. The van der Waals surface area contributed by atoms with Gasteiger partial charge in [0.25, 0.3) is 20.2 Å². The highest BCUT2D eigenvalue weighted by Gasteiger charge is 2.25. The van der Waals surface area contributed by atoms with E-state index in [4.69, 9.17) is 5.26 Å². The van der Waals surface area contributed by atoms with Crippen LogP contribution in [0.1, 0.15) is 17.5 Å². The zero-order valence-corrected chi connectivity index (χ0v) is 28.2. The van der Waals surface area contributed by atoms with Crippen molar-refractivity contribution in [1.82, 2.24) is 15.0 Å². The van der Waals surface area contributed by atoms with E-state index >= 15 is 0 Å². The van der Waals surface area contributed by atoms with Gasteiger partial charge in [0, 0.05) is 18.4 Å². The van der Waals surface area contributed by atoms with Crippen molar-refractivity contribution >= 4 is 69.3 Å². The van der Waals surface area contributed by atoms with Crippen molar-refractivity contribution in [3.05, 3.63) is 77.9 Å². The largest absolute Gasteiger partial charge is 0.324 e. The summed E-state index contributed by atoms with van der Waals surface area (Å²) >= 11 is 0. The minimum absolute atomic E-state index is 0.0250. The Labute approximate surface area is 281 Å². The van der Waals surface area contributed by atoms with Crippen molar-refractivity contribution in [3.8, 4) is 12.1 Å². The fourth-order valence-electron chi connectivity index (χ4n) is 4.06. The maximum absolute atomic E-state index is 13.3. The number of sulfonamides is 1. The Kier molecular flexibility index (Phi) is 10.5. The first-order chi connectivity index (χ1) is 22.8. The molecular formula is C27H24N8O10S4. The molecule has 0 atom stereocenters. The number of benzene rings is 3. The number of aromatic nitrogens is 3. The van der Waals surface area contributed by atoms with Gasteiger partial charge in [-0.1, -0.05) is 12.1 Å². The number of nitrogens with one attached hydrogen (secondary N) is 2. The van der Waals surface area contributed by atoms with Crippen LogP contribution >= 0.6 is 0 Å². The fraction of sp³-hybridized carbons (Fsp3) is 0.148. The summed E-state index contributed by atoms with van der Waals surface area (Å²) < 4.78 is 118. The molecule has 0 saturated heterocycles. The first kappa shape index (κ1) is 36.6. The standard InChI is InChI=1S/C27H24N8O10S4/c1-35(47(38,39)12-4-11-46(36,37)22-10-9-18(16-28)19(13-22)17-29)27-33-25(30-20-5-2-7-23(14-20)48(40,41)42)32-26(34-27)31-21-6-3-8-24(15-21)49(43,44)45/h2-3,5-10,13-15H,4,11-12H2,1H3,(H,40,41,42)(H,43,44,45)(H2,30,31,32,33,34). The van der Waals surface area contributed by atoms with Crippen LogP contribution < -0.4 is 14.9 Å². The summed E-state index contributed by atoms with van der Waals surface area (Å²) in [5, 5.41) is 23.6. The first-order valence-corrected chi connectivity index (χ1v) is 19.6. The third-order valence-corrected chi connectivity index (χ3v) is 11.8. The lowest BCUT2D eigenvalue weighted by molar-refractivity contribution is 0.481. The van der Waals surface area contributed by atoms with E-state index in [0.29, 0.717) is 4.31 Å². The molecule has 18 nitrogen and oxygen atoms in total. The molecule has 0 aliphatic carbocycles.